The summed E-state index contributed by atoms with van der Waals surface area (Å²) >= 11 is 0. The SMILES string of the molecule is COC(=O)C1=CCC=C(OS(=O)(=O)C(F)(F)F)C1(C)Cc1ccc(OC)cc1. The molecule has 6 nitrogen and oxygen atoms in total. The van der Waals surface area contributed by atoms with Crippen LogP contribution in [0.5, 0.6) is 5.75 Å². The molecule has 1 atom stereocenters. The minimum Gasteiger partial charge on any atom is -0.497 e. The van der Waals surface area contributed by atoms with Gasteiger partial charge in [-0.15, -0.1) is 0 Å². The van der Waals surface area contributed by atoms with Crippen molar-refractivity contribution in [3.8, 4) is 5.75 Å². The minimum atomic E-state index is -5.89. The van der Waals surface area contributed by atoms with Gasteiger partial charge < -0.3 is 13.7 Å². The van der Waals surface area contributed by atoms with Gasteiger partial charge in [-0.3, -0.25) is 0 Å². The standard InChI is InChI=1S/C18H19F3O6S/c1-17(11-12-7-9-13(25-2)10-8-12)14(16(22)26-3)5-4-6-15(17)27-28(23,24)18(19,20)21/h5-10H,4,11H2,1-3H3. The van der Waals surface area contributed by atoms with Crippen LogP contribution in [0.2, 0.25) is 0 Å². The lowest BCUT2D eigenvalue weighted by Crippen LogP contribution is -2.36. The van der Waals surface area contributed by atoms with Crippen LogP contribution in [-0.2, 0) is 30.3 Å². The Bertz CT molecular complexity index is 900. The van der Waals surface area contributed by atoms with E-state index in [2.05, 4.69) is 4.18 Å². The molecular formula is C18H19F3O6S. The molecule has 0 aliphatic heterocycles. The lowest BCUT2D eigenvalue weighted by Gasteiger charge is -2.35. The van der Waals surface area contributed by atoms with Crippen LogP contribution in [0.25, 0.3) is 0 Å². The second-order valence-electron chi connectivity index (χ2n) is 6.25. The summed E-state index contributed by atoms with van der Waals surface area (Å²) in [7, 11) is -3.29. The number of ether oxygens (including phenoxy) is 2. The first-order valence-electron chi connectivity index (χ1n) is 8.08. The predicted octanol–water partition coefficient (Wildman–Crippen LogP) is 3.50. The Morgan fingerprint density at radius 2 is 1.75 bits per heavy atom. The van der Waals surface area contributed by atoms with Crippen molar-refractivity contribution in [2.45, 2.75) is 25.3 Å². The van der Waals surface area contributed by atoms with Gasteiger partial charge >= 0.3 is 21.6 Å². The monoisotopic (exact) mass is 420 g/mol. The largest absolute Gasteiger partial charge is 0.534 e. The highest BCUT2D eigenvalue weighted by Crippen LogP contribution is 2.45. The maximum absolute atomic E-state index is 12.8. The number of alkyl halides is 3. The average molecular weight is 420 g/mol. The van der Waals surface area contributed by atoms with Crippen LogP contribution in [0.4, 0.5) is 13.2 Å². The first kappa shape index (κ1) is 21.8. The van der Waals surface area contributed by atoms with Gasteiger partial charge in [0.15, 0.2) is 0 Å². The molecular weight excluding hydrogens is 401 g/mol. The van der Waals surface area contributed by atoms with E-state index in [0.717, 1.165) is 7.11 Å². The van der Waals surface area contributed by atoms with E-state index in [1.165, 1.54) is 26.2 Å². The van der Waals surface area contributed by atoms with Crippen molar-refractivity contribution >= 4 is 16.1 Å². The number of methoxy groups -OCH3 is 2. The number of hydrogen-bond donors (Lipinski definition) is 0. The molecule has 2 rings (SSSR count). The van der Waals surface area contributed by atoms with E-state index < -0.39 is 32.8 Å². The number of esters is 1. The zero-order chi connectivity index (χ0) is 21.2. The van der Waals surface area contributed by atoms with Gasteiger partial charge in [0, 0.05) is 5.57 Å². The average Bonchev–Trinajstić information content (AvgIpc) is 2.62. The second-order valence-corrected chi connectivity index (χ2v) is 7.79. The second kappa shape index (κ2) is 7.86. The summed E-state index contributed by atoms with van der Waals surface area (Å²) < 4.78 is 75.8. The lowest BCUT2D eigenvalue weighted by atomic mass is 9.72. The maximum atomic E-state index is 12.8. The number of rotatable bonds is 6. The summed E-state index contributed by atoms with van der Waals surface area (Å²) in [6.45, 7) is 1.43. The number of hydrogen-bond acceptors (Lipinski definition) is 6. The van der Waals surface area contributed by atoms with E-state index in [9.17, 15) is 26.4 Å². The molecule has 0 heterocycles. The molecule has 1 aromatic rings. The molecule has 0 fully saturated rings. The van der Waals surface area contributed by atoms with E-state index in [4.69, 9.17) is 9.47 Å². The molecule has 0 radical (unpaired) electrons. The highest BCUT2D eigenvalue weighted by atomic mass is 32.2. The number of benzene rings is 1. The third-order valence-corrected chi connectivity index (χ3v) is 5.33. The third kappa shape index (κ3) is 4.32. The van der Waals surface area contributed by atoms with Crippen molar-refractivity contribution in [2.75, 3.05) is 14.2 Å². The van der Waals surface area contributed by atoms with Crippen LogP contribution < -0.4 is 4.74 Å². The highest BCUT2D eigenvalue weighted by Gasteiger charge is 2.52. The normalized spacial score (nSPS) is 20.1. The molecule has 0 N–H and O–H groups in total. The van der Waals surface area contributed by atoms with E-state index >= 15 is 0 Å². The molecule has 28 heavy (non-hydrogen) atoms. The molecule has 10 heteroatoms. The van der Waals surface area contributed by atoms with Crippen molar-refractivity contribution in [1.29, 1.82) is 0 Å². The van der Waals surface area contributed by atoms with Gasteiger partial charge in [-0.25, -0.2) is 4.79 Å². The van der Waals surface area contributed by atoms with Crippen LogP contribution in [0, 0.1) is 5.41 Å². The van der Waals surface area contributed by atoms with Gasteiger partial charge in [-0.1, -0.05) is 18.2 Å². The summed E-state index contributed by atoms with van der Waals surface area (Å²) in [4.78, 5) is 12.2. The van der Waals surface area contributed by atoms with Crippen molar-refractivity contribution in [2.24, 2.45) is 5.41 Å². The Morgan fingerprint density at radius 1 is 1.14 bits per heavy atom. The minimum absolute atomic E-state index is 0.00284. The van der Waals surface area contributed by atoms with Crippen LogP contribution in [0.3, 0.4) is 0 Å². The molecule has 1 aliphatic rings. The first-order chi connectivity index (χ1) is 12.9. The van der Waals surface area contributed by atoms with Crippen molar-refractivity contribution in [1.82, 2.24) is 0 Å². The molecule has 154 valence electrons. The Morgan fingerprint density at radius 3 is 2.25 bits per heavy atom. The number of allylic oxidation sites excluding steroid dienone is 3. The first-order valence-corrected chi connectivity index (χ1v) is 9.48. The molecule has 0 aromatic heterocycles. The fourth-order valence-corrected chi connectivity index (χ4v) is 3.49. The van der Waals surface area contributed by atoms with Crippen molar-refractivity contribution in [3.05, 3.63) is 53.3 Å². The Labute approximate surface area is 160 Å². The van der Waals surface area contributed by atoms with E-state index in [-0.39, 0.29) is 18.4 Å². The van der Waals surface area contributed by atoms with Gasteiger partial charge in [-0.2, -0.15) is 21.6 Å². The van der Waals surface area contributed by atoms with Crippen LogP contribution in [0.1, 0.15) is 18.9 Å². The molecule has 0 saturated heterocycles. The summed E-state index contributed by atoms with van der Waals surface area (Å²) in [6, 6.07) is 6.59. The maximum Gasteiger partial charge on any atom is 0.534 e. The number of carbonyl (C=O) groups is 1. The smallest absolute Gasteiger partial charge is 0.497 e. The number of halogens is 3. The fraction of sp³-hybridized carbons (Fsp3) is 0.389. The molecule has 1 aliphatic carbocycles. The quantitative estimate of drug-likeness (QED) is 0.398. The highest BCUT2D eigenvalue weighted by molar-refractivity contribution is 7.87. The molecule has 0 saturated carbocycles. The van der Waals surface area contributed by atoms with Gasteiger partial charge in [0.1, 0.15) is 11.5 Å². The number of carbonyl (C=O) groups excluding carboxylic acids is 1. The Kier molecular flexibility index (Phi) is 6.12. The van der Waals surface area contributed by atoms with E-state index in [1.54, 1.807) is 24.3 Å². The Balaban J connectivity index is 2.47. The molecule has 1 aromatic carbocycles. The molecule has 0 spiro atoms. The van der Waals surface area contributed by atoms with E-state index in [0.29, 0.717) is 11.3 Å². The van der Waals surface area contributed by atoms with Crippen LogP contribution >= 0.6 is 0 Å². The molecule has 1 unspecified atom stereocenters. The summed E-state index contributed by atoms with van der Waals surface area (Å²) in [5, 5.41) is 0. The molecule has 0 amide bonds. The zero-order valence-electron chi connectivity index (χ0n) is 15.4. The molecule has 0 bridgehead atoms. The van der Waals surface area contributed by atoms with Gasteiger partial charge in [0.2, 0.25) is 0 Å². The zero-order valence-corrected chi connectivity index (χ0v) is 16.2. The van der Waals surface area contributed by atoms with Crippen molar-refractivity contribution in [3.63, 3.8) is 0 Å². The topological polar surface area (TPSA) is 78.9 Å². The van der Waals surface area contributed by atoms with Gasteiger partial charge in [0.25, 0.3) is 0 Å². The van der Waals surface area contributed by atoms with Crippen molar-refractivity contribution < 1.29 is 40.0 Å². The van der Waals surface area contributed by atoms with Crippen LogP contribution in [0.15, 0.2) is 47.7 Å². The lowest BCUT2D eigenvalue weighted by molar-refractivity contribution is -0.137. The van der Waals surface area contributed by atoms with E-state index in [1.807, 2.05) is 0 Å². The van der Waals surface area contributed by atoms with Gasteiger partial charge in [-0.05, 0) is 43.5 Å². The van der Waals surface area contributed by atoms with Gasteiger partial charge in [0.05, 0.1) is 19.6 Å². The summed E-state index contributed by atoms with van der Waals surface area (Å²) in [5.74, 6) is -0.703. The fourth-order valence-electron chi connectivity index (χ4n) is 2.91. The third-order valence-electron chi connectivity index (χ3n) is 4.37. The Hall–Kier alpha value is -2.49. The van der Waals surface area contributed by atoms with Crippen LogP contribution in [-0.4, -0.2) is 34.1 Å². The summed E-state index contributed by atoms with van der Waals surface area (Å²) in [5.41, 5.74) is -6.45. The predicted molar refractivity (Wildman–Crippen MR) is 93.7 cm³/mol. The summed E-state index contributed by atoms with van der Waals surface area (Å²) in [6.07, 6.45) is 2.70.